The lowest BCUT2D eigenvalue weighted by molar-refractivity contribution is -0.143. The molecule has 0 unspecified atom stereocenters. The van der Waals surface area contributed by atoms with Crippen LogP contribution in [-0.2, 0) is 10.5 Å². The van der Waals surface area contributed by atoms with E-state index in [2.05, 4.69) is 5.32 Å². The van der Waals surface area contributed by atoms with E-state index in [1.807, 2.05) is 6.26 Å². The molecule has 2 N–H and O–H groups in total. The van der Waals surface area contributed by atoms with Crippen LogP contribution >= 0.6 is 11.8 Å². The van der Waals surface area contributed by atoms with Gasteiger partial charge in [-0.25, -0.2) is 0 Å². The molecule has 1 heterocycles. The highest BCUT2D eigenvalue weighted by molar-refractivity contribution is 7.97. The average molecular weight is 269 g/mol. The van der Waals surface area contributed by atoms with E-state index in [0.29, 0.717) is 18.6 Å². The number of aliphatic carboxylic acids is 1. The zero-order valence-electron chi connectivity index (χ0n) is 10.1. The Balaban J connectivity index is 1.89. The Kier molecular flexibility index (Phi) is 3.65. The fourth-order valence-corrected chi connectivity index (χ4v) is 2.11. The quantitative estimate of drug-likeness (QED) is 0.822. The smallest absolute Gasteiger partial charge is 0.311 e. The van der Waals surface area contributed by atoms with Gasteiger partial charge in [-0.05, 0) is 31.2 Å². The van der Waals surface area contributed by atoms with Gasteiger partial charge < -0.3 is 14.8 Å². The molecular weight excluding hydrogens is 254 g/mol. The first-order valence-corrected chi connectivity index (χ1v) is 7.06. The number of carbonyl (C=O) groups excluding carboxylic acids is 1. The van der Waals surface area contributed by atoms with Crippen molar-refractivity contribution in [3.05, 3.63) is 23.7 Å². The number of carboxylic acid groups (broad SMARTS) is 1. The number of amides is 1. The highest BCUT2D eigenvalue weighted by Crippen LogP contribution is 2.45. The first kappa shape index (κ1) is 13.0. The molecule has 6 heteroatoms. The van der Waals surface area contributed by atoms with E-state index < -0.39 is 11.4 Å². The number of furan rings is 1. The Morgan fingerprint density at radius 2 is 2.22 bits per heavy atom. The molecule has 2 rings (SSSR count). The van der Waals surface area contributed by atoms with Gasteiger partial charge in [0.1, 0.15) is 5.76 Å². The lowest BCUT2D eigenvalue weighted by Crippen LogP contribution is -2.34. The molecular formula is C12H15NO4S. The minimum absolute atomic E-state index is 0.166. The molecule has 1 saturated carbocycles. The third-order valence-corrected chi connectivity index (χ3v) is 3.64. The van der Waals surface area contributed by atoms with Crippen LogP contribution in [0, 0.1) is 5.41 Å². The molecule has 98 valence electrons. The molecule has 1 aliphatic carbocycles. The second-order valence-electron chi connectivity index (χ2n) is 4.47. The SMILES string of the molecule is CSCc1ccc(C(=O)NCC2(C(=O)O)CC2)o1. The fraction of sp³-hybridized carbons (Fsp3) is 0.500. The van der Waals surface area contributed by atoms with E-state index in [4.69, 9.17) is 9.52 Å². The van der Waals surface area contributed by atoms with E-state index >= 15 is 0 Å². The highest BCUT2D eigenvalue weighted by atomic mass is 32.2. The normalized spacial score (nSPS) is 16.3. The van der Waals surface area contributed by atoms with Crippen LogP contribution in [0.3, 0.4) is 0 Å². The first-order chi connectivity index (χ1) is 8.57. The molecule has 0 spiro atoms. The Bertz CT molecular complexity index is 464. The number of thioether (sulfide) groups is 1. The van der Waals surface area contributed by atoms with Crippen molar-refractivity contribution in [2.24, 2.45) is 5.41 Å². The van der Waals surface area contributed by atoms with Crippen LogP contribution in [0.25, 0.3) is 0 Å². The van der Waals surface area contributed by atoms with E-state index in [-0.39, 0.29) is 18.2 Å². The molecule has 0 bridgehead atoms. The Hall–Kier alpha value is -1.43. The molecule has 1 amide bonds. The summed E-state index contributed by atoms with van der Waals surface area (Å²) in [7, 11) is 0. The second-order valence-corrected chi connectivity index (χ2v) is 5.33. The fourth-order valence-electron chi connectivity index (χ4n) is 1.67. The average Bonchev–Trinajstić information content (AvgIpc) is 3.00. The van der Waals surface area contributed by atoms with Crippen molar-refractivity contribution in [2.75, 3.05) is 12.8 Å². The summed E-state index contributed by atoms with van der Waals surface area (Å²) < 4.78 is 5.35. The Morgan fingerprint density at radius 3 is 2.78 bits per heavy atom. The summed E-state index contributed by atoms with van der Waals surface area (Å²) in [6.07, 6.45) is 3.20. The second kappa shape index (κ2) is 5.06. The van der Waals surface area contributed by atoms with E-state index in [1.165, 1.54) is 0 Å². The van der Waals surface area contributed by atoms with Gasteiger partial charge in [0.15, 0.2) is 5.76 Å². The summed E-state index contributed by atoms with van der Waals surface area (Å²) in [5.41, 5.74) is -0.746. The van der Waals surface area contributed by atoms with Crippen LogP contribution in [0.15, 0.2) is 16.5 Å². The maximum Gasteiger partial charge on any atom is 0.311 e. The van der Waals surface area contributed by atoms with Crippen molar-refractivity contribution in [3.63, 3.8) is 0 Å². The summed E-state index contributed by atoms with van der Waals surface area (Å²) in [5.74, 6) is 0.499. The van der Waals surface area contributed by atoms with Gasteiger partial charge in [-0.3, -0.25) is 9.59 Å². The van der Waals surface area contributed by atoms with Crippen LogP contribution in [0.4, 0.5) is 0 Å². The third kappa shape index (κ3) is 2.69. The molecule has 1 aromatic rings. The van der Waals surface area contributed by atoms with Crippen LogP contribution < -0.4 is 5.32 Å². The lowest BCUT2D eigenvalue weighted by Gasteiger charge is -2.09. The van der Waals surface area contributed by atoms with Crippen LogP contribution in [0.5, 0.6) is 0 Å². The molecule has 1 aliphatic rings. The maximum atomic E-state index is 11.8. The van der Waals surface area contributed by atoms with Crippen LogP contribution in [0.1, 0.15) is 29.2 Å². The van der Waals surface area contributed by atoms with Crippen molar-refractivity contribution in [2.45, 2.75) is 18.6 Å². The van der Waals surface area contributed by atoms with Gasteiger partial charge in [-0.2, -0.15) is 11.8 Å². The number of carbonyl (C=O) groups is 2. The van der Waals surface area contributed by atoms with Crippen molar-refractivity contribution in [3.8, 4) is 0 Å². The highest BCUT2D eigenvalue weighted by Gasteiger charge is 2.50. The third-order valence-electron chi connectivity index (χ3n) is 3.07. The largest absolute Gasteiger partial charge is 0.481 e. The first-order valence-electron chi connectivity index (χ1n) is 5.67. The number of hydrogen-bond acceptors (Lipinski definition) is 4. The van der Waals surface area contributed by atoms with Crippen molar-refractivity contribution >= 4 is 23.6 Å². The monoisotopic (exact) mass is 269 g/mol. The maximum absolute atomic E-state index is 11.8. The number of nitrogens with one attached hydrogen (secondary N) is 1. The number of hydrogen-bond donors (Lipinski definition) is 2. The van der Waals surface area contributed by atoms with Crippen LogP contribution in [-0.4, -0.2) is 29.8 Å². The summed E-state index contributed by atoms with van der Waals surface area (Å²) in [5, 5.41) is 11.6. The van der Waals surface area contributed by atoms with E-state index in [1.54, 1.807) is 23.9 Å². The van der Waals surface area contributed by atoms with Gasteiger partial charge in [0.25, 0.3) is 5.91 Å². The lowest BCUT2D eigenvalue weighted by atomic mass is 10.1. The minimum Gasteiger partial charge on any atom is -0.481 e. The number of rotatable bonds is 6. The van der Waals surface area contributed by atoms with Gasteiger partial charge in [0, 0.05) is 6.54 Å². The minimum atomic E-state index is -0.842. The predicted octanol–water partition coefficient (Wildman–Crippen LogP) is 1.74. The Labute approximate surface area is 109 Å². The van der Waals surface area contributed by atoms with E-state index in [0.717, 1.165) is 5.76 Å². The molecule has 0 aliphatic heterocycles. The Morgan fingerprint density at radius 1 is 1.50 bits per heavy atom. The molecule has 5 nitrogen and oxygen atoms in total. The van der Waals surface area contributed by atoms with Gasteiger partial charge in [0.2, 0.25) is 0 Å². The summed E-state index contributed by atoms with van der Waals surface area (Å²) in [6.45, 7) is 0.166. The van der Waals surface area contributed by atoms with Gasteiger partial charge >= 0.3 is 5.97 Å². The van der Waals surface area contributed by atoms with Gasteiger partial charge in [0.05, 0.1) is 11.2 Å². The van der Waals surface area contributed by atoms with Gasteiger partial charge in [-0.1, -0.05) is 0 Å². The predicted molar refractivity (Wildman–Crippen MR) is 67.6 cm³/mol. The summed E-state index contributed by atoms with van der Waals surface area (Å²) in [4.78, 5) is 22.7. The van der Waals surface area contributed by atoms with Crippen molar-refractivity contribution in [1.82, 2.24) is 5.32 Å². The molecule has 1 fully saturated rings. The molecule has 0 atom stereocenters. The van der Waals surface area contributed by atoms with Gasteiger partial charge in [-0.15, -0.1) is 0 Å². The topological polar surface area (TPSA) is 79.5 Å². The molecule has 18 heavy (non-hydrogen) atoms. The van der Waals surface area contributed by atoms with Crippen molar-refractivity contribution < 1.29 is 19.1 Å². The summed E-state index contributed by atoms with van der Waals surface area (Å²) >= 11 is 1.61. The standard InChI is InChI=1S/C12H15NO4S/c1-18-6-8-2-3-9(17-8)10(14)13-7-12(4-5-12)11(15)16/h2-3H,4-7H2,1H3,(H,13,14)(H,15,16). The zero-order chi connectivity index (χ0) is 13.2. The van der Waals surface area contributed by atoms with Crippen LogP contribution in [0.2, 0.25) is 0 Å². The zero-order valence-corrected chi connectivity index (χ0v) is 10.9. The summed E-state index contributed by atoms with van der Waals surface area (Å²) in [6, 6.07) is 3.37. The molecule has 0 radical (unpaired) electrons. The molecule has 1 aromatic heterocycles. The molecule has 0 aromatic carbocycles. The number of carboxylic acids is 1. The van der Waals surface area contributed by atoms with Crippen molar-refractivity contribution in [1.29, 1.82) is 0 Å². The molecule has 0 saturated heterocycles. The van der Waals surface area contributed by atoms with E-state index in [9.17, 15) is 9.59 Å².